The van der Waals surface area contributed by atoms with Crippen molar-refractivity contribution in [2.75, 3.05) is 32.5 Å². The van der Waals surface area contributed by atoms with Crippen LogP contribution in [0.2, 0.25) is 0 Å². The van der Waals surface area contributed by atoms with E-state index in [-0.39, 0.29) is 18.4 Å². The highest BCUT2D eigenvalue weighted by Gasteiger charge is 2.29. The van der Waals surface area contributed by atoms with Crippen molar-refractivity contribution in [3.05, 3.63) is 29.3 Å². The van der Waals surface area contributed by atoms with E-state index in [1.165, 1.54) is 10.6 Å². The van der Waals surface area contributed by atoms with Gasteiger partial charge >= 0.3 is 0 Å². The number of sulfonamides is 1. The molecule has 134 valence electrons. The highest BCUT2D eigenvalue weighted by atomic mass is 32.2. The number of carbonyl (C=O) groups excluding carboxylic acids is 1. The number of carbonyl (C=O) groups is 1. The van der Waals surface area contributed by atoms with Crippen molar-refractivity contribution in [1.82, 2.24) is 9.62 Å². The Bertz CT molecular complexity index is 668. The quantitative estimate of drug-likeness (QED) is 0.785. The van der Waals surface area contributed by atoms with E-state index in [4.69, 9.17) is 4.74 Å². The van der Waals surface area contributed by atoms with Crippen LogP contribution < -0.4 is 10.1 Å². The van der Waals surface area contributed by atoms with E-state index >= 15 is 0 Å². The summed E-state index contributed by atoms with van der Waals surface area (Å²) in [5, 5.41) is 2.85. The molecule has 1 aliphatic rings. The number of para-hydroxylation sites is 1. The Balaban J connectivity index is 1.79. The first kappa shape index (κ1) is 18.7. The molecule has 1 unspecified atom stereocenters. The van der Waals surface area contributed by atoms with Crippen LogP contribution >= 0.6 is 0 Å². The largest absolute Gasteiger partial charge is 0.491 e. The van der Waals surface area contributed by atoms with Gasteiger partial charge in [0.25, 0.3) is 0 Å². The van der Waals surface area contributed by atoms with Crippen molar-refractivity contribution in [2.45, 2.75) is 26.7 Å². The molecule has 2 rings (SSSR count). The van der Waals surface area contributed by atoms with Crippen molar-refractivity contribution < 1.29 is 17.9 Å². The fourth-order valence-corrected chi connectivity index (χ4v) is 3.87. The molecule has 0 radical (unpaired) electrons. The van der Waals surface area contributed by atoms with Crippen LogP contribution in [0.25, 0.3) is 0 Å². The number of hydrogen-bond donors (Lipinski definition) is 1. The fourth-order valence-electron chi connectivity index (χ4n) is 2.96. The average molecular weight is 354 g/mol. The van der Waals surface area contributed by atoms with Gasteiger partial charge in [0.15, 0.2) is 0 Å². The van der Waals surface area contributed by atoms with Crippen molar-refractivity contribution in [2.24, 2.45) is 5.92 Å². The molecule has 24 heavy (non-hydrogen) atoms. The summed E-state index contributed by atoms with van der Waals surface area (Å²) >= 11 is 0. The third kappa shape index (κ3) is 4.95. The van der Waals surface area contributed by atoms with Crippen LogP contribution in [-0.4, -0.2) is 51.1 Å². The molecule has 1 heterocycles. The van der Waals surface area contributed by atoms with Crippen LogP contribution in [0.15, 0.2) is 18.2 Å². The van der Waals surface area contributed by atoms with Gasteiger partial charge < -0.3 is 10.1 Å². The average Bonchev–Trinajstić information content (AvgIpc) is 2.53. The monoisotopic (exact) mass is 354 g/mol. The number of benzene rings is 1. The van der Waals surface area contributed by atoms with Gasteiger partial charge in [-0.25, -0.2) is 12.7 Å². The molecule has 0 bridgehead atoms. The Morgan fingerprint density at radius 3 is 2.62 bits per heavy atom. The molecule has 0 aliphatic carbocycles. The minimum atomic E-state index is -3.23. The van der Waals surface area contributed by atoms with Crippen LogP contribution in [0.3, 0.4) is 0 Å². The first-order valence-electron chi connectivity index (χ1n) is 8.21. The van der Waals surface area contributed by atoms with E-state index in [1.807, 2.05) is 32.0 Å². The van der Waals surface area contributed by atoms with Gasteiger partial charge in [-0.15, -0.1) is 0 Å². The highest BCUT2D eigenvalue weighted by Crippen LogP contribution is 2.22. The highest BCUT2D eigenvalue weighted by molar-refractivity contribution is 7.88. The molecule has 1 aromatic carbocycles. The first-order valence-corrected chi connectivity index (χ1v) is 10.1. The second-order valence-corrected chi connectivity index (χ2v) is 8.30. The fraction of sp³-hybridized carbons (Fsp3) is 0.588. The molecule has 1 atom stereocenters. The Hall–Kier alpha value is -1.60. The second-order valence-electron chi connectivity index (χ2n) is 6.32. The van der Waals surface area contributed by atoms with E-state index in [0.717, 1.165) is 23.3 Å². The number of amides is 1. The van der Waals surface area contributed by atoms with Crippen molar-refractivity contribution in [3.63, 3.8) is 0 Å². The molecule has 0 saturated carbocycles. The first-order chi connectivity index (χ1) is 11.3. The molecule has 1 aromatic rings. The summed E-state index contributed by atoms with van der Waals surface area (Å²) in [4.78, 5) is 12.2. The topological polar surface area (TPSA) is 75.7 Å². The summed E-state index contributed by atoms with van der Waals surface area (Å²) in [6, 6.07) is 5.96. The standard InChI is InChI=1S/C17H26N2O4S/c1-13-6-4-7-14(2)16(13)23-11-9-18-17(20)15-8-5-10-19(12-15)24(3,21)22/h4,6-7,15H,5,8-12H2,1-3H3,(H,18,20). The summed E-state index contributed by atoms with van der Waals surface area (Å²) in [5.74, 6) is 0.467. The van der Waals surface area contributed by atoms with Crippen LogP contribution in [0.5, 0.6) is 5.75 Å². The maximum absolute atomic E-state index is 12.2. The molecule has 0 spiro atoms. The SMILES string of the molecule is Cc1cccc(C)c1OCCNC(=O)C1CCCN(S(C)(=O)=O)C1. The van der Waals surface area contributed by atoms with Crippen molar-refractivity contribution in [3.8, 4) is 5.75 Å². The molecular formula is C17H26N2O4S. The number of aryl methyl sites for hydroxylation is 2. The van der Waals surface area contributed by atoms with Crippen LogP contribution in [0, 0.1) is 19.8 Å². The predicted octanol–water partition coefficient (Wildman–Crippen LogP) is 1.47. The van der Waals surface area contributed by atoms with Crippen LogP contribution in [0.4, 0.5) is 0 Å². The minimum Gasteiger partial charge on any atom is -0.491 e. The third-order valence-electron chi connectivity index (χ3n) is 4.28. The number of hydrogen-bond acceptors (Lipinski definition) is 4. The number of nitrogens with zero attached hydrogens (tertiary/aromatic N) is 1. The van der Waals surface area contributed by atoms with Crippen molar-refractivity contribution in [1.29, 1.82) is 0 Å². The van der Waals surface area contributed by atoms with Crippen LogP contribution in [0.1, 0.15) is 24.0 Å². The van der Waals surface area contributed by atoms with Gasteiger partial charge in [-0.3, -0.25) is 4.79 Å². The molecule has 1 amide bonds. The number of nitrogens with one attached hydrogen (secondary N) is 1. The summed E-state index contributed by atoms with van der Waals surface area (Å²) in [7, 11) is -3.23. The lowest BCUT2D eigenvalue weighted by Crippen LogP contribution is -2.45. The summed E-state index contributed by atoms with van der Waals surface area (Å²) < 4.78 is 30.4. The maximum Gasteiger partial charge on any atom is 0.224 e. The summed E-state index contributed by atoms with van der Waals surface area (Å²) in [6.45, 7) is 5.54. The predicted molar refractivity (Wildman–Crippen MR) is 93.6 cm³/mol. The number of ether oxygens (including phenoxy) is 1. The van der Waals surface area contributed by atoms with E-state index in [1.54, 1.807) is 0 Å². The Kier molecular flexibility index (Phi) is 6.23. The molecular weight excluding hydrogens is 328 g/mol. The lowest BCUT2D eigenvalue weighted by molar-refractivity contribution is -0.126. The molecule has 0 aromatic heterocycles. The molecule has 1 aliphatic heterocycles. The van der Waals surface area contributed by atoms with E-state index < -0.39 is 10.0 Å². The molecule has 7 heteroatoms. The van der Waals surface area contributed by atoms with Gasteiger partial charge in [0.05, 0.1) is 18.7 Å². The lowest BCUT2D eigenvalue weighted by atomic mass is 9.99. The smallest absolute Gasteiger partial charge is 0.224 e. The van der Waals surface area contributed by atoms with E-state index in [2.05, 4.69) is 5.32 Å². The van der Waals surface area contributed by atoms with Gasteiger partial charge in [-0.1, -0.05) is 18.2 Å². The van der Waals surface area contributed by atoms with Gasteiger partial charge in [0, 0.05) is 13.1 Å². The van der Waals surface area contributed by atoms with Gasteiger partial charge in [-0.05, 0) is 37.8 Å². The second kappa shape index (κ2) is 7.98. The van der Waals surface area contributed by atoms with E-state index in [9.17, 15) is 13.2 Å². The maximum atomic E-state index is 12.2. The zero-order valence-corrected chi connectivity index (χ0v) is 15.4. The lowest BCUT2D eigenvalue weighted by Gasteiger charge is -2.30. The zero-order chi connectivity index (χ0) is 17.7. The Morgan fingerprint density at radius 2 is 2.00 bits per heavy atom. The Labute approximate surface area is 144 Å². The Morgan fingerprint density at radius 1 is 1.33 bits per heavy atom. The van der Waals surface area contributed by atoms with E-state index in [0.29, 0.717) is 26.1 Å². The van der Waals surface area contributed by atoms with Crippen LogP contribution in [-0.2, 0) is 14.8 Å². The zero-order valence-electron chi connectivity index (χ0n) is 14.5. The summed E-state index contributed by atoms with van der Waals surface area (Å²) in [6.07, 6.45) is 2.62. The third-order valence-corrected chi connectivity index (χ3v) is 5.55. The number of piperidine rings is 1. The molecule has 1 N–H and O–H groups in total. The summed E-state index contributed by atoms with van der Waals surface area (Å²) in [5.41, 5.74) is 2.13. The molecule has 1 fully saturated rings. The van der Waals surface area contributed by atoms with Crippen molar-refractivity contribution >= 4 is 15.9 Å². The number of rotatable bonds is 6. The minimum absolute atomic E-state index is 0.103. The molecule has 6 nitrogen and oxygen atoms in total. The van der Waals surface area contributed by atoms with Gasteiger partial charge in [-0.2, -0.15) is 0 Å². The van der Waals surface area contributed by atoms with Gasteiger partial charge in [0.1, 0.15) is 12.4 Å². The normalized spacial score (nSPS) is 19.0. The van der Waals surface area contributed by atoms with Gasteiger partial charge in [0.2, 0.25) is 15.9 Å². The molecule has 1 saturated heterocycles.